The van der Waals surface area contributed by atoms with Crippen molar-refractivity contribution in [1.29, 1.82) is 0 Å². The molecular formula is C16H12N2O5. The molecule has 1 heterocycles. The smallest absolute Gasteiger partial charge is 0.335 e. The van der Waals surface area contributed by atoms with Crippen molar-refractivity contribution in [3.8, 4) is 5.75 Å². The summed E-state index contributed by atoms with van der Waals surface area (Å²) < 4.78 is 5.22. The first kappa shape index (κ1) is 14.6. The van der Waals surface area contributed by atoms with Gasteiger partial charge in [0.15, 0.2) is 6.61 Å². The number of carboxylic acid groups (broad SMARTS) is 1. The van der Waals surface area contributed by atoms with Crippen LogP contribution in [-0.4, -0.2) is 29.5 Å². The molecule has 3 rings (SSSR count). The molecule has 0 radical (unpaired) electrons. The van der Waals surface area contributed by atoms with Crippen molar-refractivity contribution in [1.82, 2.24) is 0 Å². The quantitative estimate of drug-likeness (QED) is 0.803. The molecule has 7 nitrogen and oxygen atoms in total. The largest absolute Gasteiger partial charge is 0.482 e. The number of aromatic carboxylic acids is 1. The Labute approximate surface area is 130 Å². The second-order valence-corrected chi connectivity index (χ2v) is 4.88. The maximum atomic E-state index is 12.2. The molecule has 0 spiro atoms. The highest BCUT2D eigenvalue weighted by molar-refractivity contribution is 6.06. The van der Waals surface area contributed by atoms with Gasteiger partial charge in [-0.15, -0.1) is 0 Å². The minimum atomic E-state index is -1.03. The molecule has 0 aliphatic carbocycles. The Morgan fingerprint density at radius 3 is 2.48 bits per heavy atom. The summed E-state index contributed by atoms with van der Waals surface area (Å²) in [6.07, 6.45) is 0. The number of hydrogen-bond acceptors (Lipinski definition) is 4. The molecule has 0 fully saturated rings. The average molecular weight is 312 g/mol. The molecule has 1 aliphatic heterocycles. The molecular weight excluding hydrogens is 300 g/mol. The van der Waals surface area contributed by atoms with Crippen LogP contribution >= 0.6 is 0 Å². The third kappa shape index (κ3) is 3.13. The monoisotopic (exact) mass is 312 g/mol. The third-order valence-electron chi connectivity index (χ3n) is 3.26. The van der Waals surface area contributed by atoms with E-state index in [1.165, 1.54) is 30.3 Å². The Bertz CT molecular complexity index is 799. The van der Waals surface area contributed by atoms with Gasteiger partial charge in [0.2, 0.25) is 0 Å². The molecule has 1 aliphatic rings. The standard InChI is InChI=1S/C16H12N2O5/c19-14-8-23-13-6-3-10(7-12(13)18-14)15(20)17-11-4-1-9(2-5-11)16(21)22/h1-7H,8H2,(H,17,20)(H,18,19)(H,21,22). The van der Waals surface area contributed by atoms with E-state index in [1.54, 1.807) is 12.1 Å². The molecule has 0 saturated carbocycles. The van der Waals surface area contributed by atoms with Crippen LogP contribution in [0, 0.1) is 0 Å². The number of benzene rings is 2. The normalized spacial score (nSPS) is 12.6. The number of hydrogen-bond donors (Lipinski definition) is 3. The maximum Gasteiger partial charge on any atom is 0.335 e. The summed E-state index contributed by atoms with van der Waals surface area (Å²) in [5.41, 5.74) is 1.39. The van der Waals surface area contributed by atoms with Gasteiger partial charge in [-0.05, 0) is 42.5 Å². The molecule has 0 atom stereocenters. The fourth-order valence-corrected chi connectivity index (χ4v) is 2.12. The molecule has 0 bridgehead atoms. The fourth-order valence-electron chi connectivity index (χ4n) is 2.12. The van der Waals surface area contributed by atoms with Crippen molar-refractivity contribution in [2.45, 2.75) is 0 Å². The Kier molecular flexibility index (Phi) is 3.68. The van der Waals surface area contributed by atoms with Gasteiger partial charge >= 0.3 is 5.97 Å². The van der Waals surface area contributed by atoms with Gasteiger partial charge in [-0.3, -0.25) is 9.59 Å². The van der Waals surface area contributed by atoms with Crippen LogP contribution in [0.1, 0.15) is 20.7 Å². The second kappa shape index (κ2) is 5.80. The van der Waals surface area contributed by atoms with Crippen molar-refractivity contribution in [3.63, 3.8) is 0 Å². The lowest BCUT2D eigenvalue weighted by Gasteiger charge is -2.18. The lowest BCUT2D eigenvalue weighted by molar-refractivity contribution is -0.118. The number of carbonyl (C=O) groups excluding carboxylic acids is 2. The van der Waals surface area contributed by atoms with E-state index in [0.29, 0.717) is 22.7 Å². The van der Waals surface area contributed by atoms with Crippen LogP contribution in [0.5, 0.6) is 5.75 Å². The molecule has 116 valence electrons. The van der Waals surface area contributed by atoms with Gasteiger partial charge in [0.05, 0.1) is 11.3 Å². The first-order chi connectivity index (χ1) is 11.0. The zero-order valence-electron chi connectivity index (χ0n) is 11.8. The molecule has 0 unspecified atom stereocenters. The number of rotatable bonds is 3. The minimum absolute atomic E-state index is 0.0472. The van der Waals surface area contributed by atoms with Gasteiger partial charge in [-0.25, -0.2) is 4.79 Å². The fraction of sp³-hybridized carbons (Fsp3) is 0.0625. The molecule has 0 aromatic heterocycles. The van der Waals surface area contributed by atoms with Gasteiger partial charge in [0.1, 0.15) is 5.75 Å². The van der Waals surface area contributed by atoms with Crippen LogP contribution in [0.2, 0.25) is 0 Å². The number of carboxylic acids is 1. The lowest BCUT2D eigenvalue weighted by Crippen LogP contribution is -2.25. The first-order valence-electron chi connectivity index (χ1n) is 6.74. The maximum absolute atomic E-state index is 12.2. The predicted octanol–water partition coefficient (Wildman–Crippen LogP) is 1.97. The summed E-state index contributed by atoms with van der Waals surface area (Å²) in [6, 6.07) is 10.5. The summed E-state index contributed by atoms with van der Waals surface area (Å²) in [5, 5.41) is 14.1. The van der Waals surface area contributed by atoms with E-state index in [-0.39, 0.29) is 24.0 Å². The number of anilines is 2. The Morgan fingerprint density at radius 2 is 1.78 bits per heavy atom. The van der Waals surface area contributed by atoms with Gasteiger partial charge < -0.3 is 20.5 Å². The van der Waals surface area contributed by atoms with Gasteiger partial charge in [-0.1, -0.05) is 0 Å². The van der Waals surface area contributed by atoms with Crippen LogP contribution in [0.4, 0.5) is 11.4 Å². The van der Waals surface area contributed by atoms with Crippen molar-refractivity contribution in [2.24, 2.45) is 0 Å². The summed E-state index contributed by atoms with van der Waals surface area (Å²) in [7, 11) is 0. The van der Waals surface area contributed by atoms with E-state index in [2.05, 4.69) is 10.6 Å². The summed E-state index contributed by atoms with van der Waals surface area (Å²) in [4.78, 5) is 34.3. The summed E-state index contributed by atoms with van der Waals surface area (Å²) in [5.74, 6) is -1.18. The molecule has 2 aromatic carbocycles. The third-order valence-corrected chi connectivity index (χ3v) is 3.26. The van der Waals surface area contributed by atoms with E-state index in [4.69, 9.17) is 9.84 Å². The highest BCUT2D eigenvalue weighted by Crippen LogP contribution is 2.28. The Balaban J connectivity index is 1.77. The van der Waals surface area contributed by atoms with Crippen LogP contribution in [0.3, 0.4) is 0 Å². The van der Waals surface area contributed by atoms with Crippen molar-refractivity contribution >= 4 is 29.2 Å². The SMILES string of the molecule is O=C1COc2ccc(C(=O)Nc3ccc(C(=O)O)cc3)cc2N1. The second-order valence-electron chi connectivity index (χ2n) is 4.88. The molecule has 0 saturated heterocycles. The molecule has 3 N–H and O–H groups in total. The first-order valence-corrected chi connectivity index (χ1v) is 6.74. The number of amides is 2. The number of nitrogens with one attached hydrogen (secondary N) is 2. The zero-order valence-corrected chi connectivity index (χ0v) is 11.8. The van der Waals surface area contributed by atoms with Crippen molar-refractivity contribution in [2.75, 3.05) is 17.2 Å². The average Bonchev–Trinajstić information content (AvgIpc) is 2.54. The van der Waals surface area contributed by atoms with Crippen LogP contribution in [0.15, 0.2) is 42.5 Å². The number of fused-ring (bicyclic) bond motifs is 1. The Hall–Kier alpha value is -3.35. The van der Waals surface area contributed by atoms with E-state index in [0.717, 1.165) is 0 Å². The topological polar surface area (TPSA) is 105 Å². The van der Waals surface area contributed by atoms with Gasteiger partial charge in [0, 0.05) is 11.3 Å². The highest BCUT2D eigenvalue weighted by Gasteiger charge is 2.18. The number of carbonyl (C=O) groups is 3. The molecule has 2 amide bonds. The summed E-state index contributed by atoms with van der Waals surface area (Å²) >= 11 is 0. The molecule has 7 heteroatoms. The molecule has 2 aromatic rings. The van der Waals surface area contributed by atoms with Crippen LogP contribution in [0.25, 0.3) is 0 Å². The van der Waals surface area contributed by atoms with E-state index in [9.17, 15) is 14.4 Å². The molecule has 23 heavy (non-hydrogen) atoms. The van der Waals surface area contributed by atoms with Crippen LogP contribution < -0.4 is 15.4 Å². The highest BCUT2D eigenvalue weighted by atomic mass is 16.5. The lowest BCUT2D eigenvalue weighted by atomic mass is 10.1. The van der Waals surface area contributed by atoms with E-state index < -0.39 is 5.97 Å². The van der Waals surface area contributed by atoms with Crippen LogP contribution in [-0.2, 0) is 4.79 Å². The Morgan fingerprint density at radius 1 is 1.09 bits per heavy atom. The van der Waals surface area contributed by atoms with Gasteiger partial charge in [0.25, 0.3) is 11.8 Å². The predicted molar refractivity (Wildman–Crippen MR) is 81.9 cm³/mol. The minimum Gasteiger partial charge on any atom is -0.482 e. The van der Waals surface area contributed by atoms with Crippen molar-refractivity contribution < 1.29 is 24.2 Å². The van der Waals surface area contributed by atoms with E-state index in [1.807, 2.05) is 0 Å². The van der Waals surface area contributed by atoms with E-state index >= 15 is 0 Å². The zero-order chi connectivity index (χ0) is 16.4. The summed E-state index contributed by atoms with van der Waals surface area (Å²) in [6.45, 7) is -0.0472. The van der Waals surface area contributed by atoms with Crippen molar-refractivity contribution in [3.05, 3.63) is 53.6 Å². The number of ether oxygens (including phenoxy) is 1. The van der Waals surface area contributed by atoms with Gasteiger partial charge in [-0.2, -0.15) is 0 Å².